The van der Waals surface area contributed by atoms with E-state index in [4.69, 9.17) is 5.11 Å². The number of hydrogen-bond acceptors (Lipinski definition) is 2. The van der Waals surface area contributed by atoms with Crippen LogP contribution < -0.4 is 5.32 Å². The zero-order valence-corrected chi connectivity index (χ0v) is 7.75. The van der Waals surface area contributed by atoms with Crippen molar-refractivity contribution in [3.63, 3.8) is 0 Å². The Morgan fingerprint density at radius 3 is 2.92 bits per heavy atom. The minimum absolute atomic E-state index is 0.261. The molecule has 2 rings (SSSR count). The summed E-state index contributed by atoms with van der Waals surface area (Å²) in [5.74, 6) is 0. The standard InChI is InChI=1S/C9H16N2O2/c12-8(13)11-5-1-2-9(7-11)3-4-10-6-9/h10H,1-7H2,(H,12,13). The molecule has 0 aliphatic carbocycles. The minimum Gasteiger partial charge on any atom is -0.465 e. The van der Waals surface area contributed by atoms with Gasteiger partial charge in [0.15, 0.2) is 0 Å². The third-order valence-corrected chi connectivity index (χ3v) is 3.26. The van der Waals surface area contributed by atoms with Gasteiger partial charge in [-0.15, -0.1) is 0 Å². The molecule has 0 aromatic heterocycles. The van der Waals surface area contributed by atoms with E-state index < -0.39 is 6.09 Å². The molecular formula is C9H16N2O2. The monoisotopic (exact) mass is 184 g/mol. The van der Waals surface area contributed by atoms with Crippen molar-refractivity contribution >= 4 is 6.09 Å². The number of carboxylic acid groups (broad SMARTS) is 1. The molecule has 2 saturated heterocycles. The fourth-order valence-electron chi connectivity index (χ4n) is 2.52. The molecule has 2 fully saturated rings. The van der Waals surface area contributed by atoms with Crippen molar-refractivity contribution in [3.05, 3.63) is 0 Å². The second kappa shape index (κ2) is 3.18. The molecule has 0 aromatic rings. The van der Waals surface area contributed by atoms with Gasteiger partial charge in [-0.3, -0.25) is 0 Å². The smallest absolute Gasteiger partial charge is 0.407 e. The number of amides is 1. The summed E-state index contributed by atoms with van der Waals surface area (Å²) in [5.41, 5.74) is 0.261. The lowest BCUT2D eigenvalue weighted by molar-refractivity contribution is 0.0871. The summed E-state index contributed by atoms with van der Waals surface area (Å²) < 4.78 is 0. The van der Waals surface area contributed by atoms with E-state index in [-0.39, 0.29) is 5.41 Å². The van der Waals surface area contributed by atoms with Crippen LogP contribution in [0.15, 0.2) is 0 Å². The zero-order valence-electron chi connectivity index (χ0n) is 7.75. The van der Waals surface area contributed by atoms with Crippen molar-refractivity contribution in [1.82, 2.24) is 10.2 Å². The first kappa shape index (κ1) is 8.81. The third-order valence-electron chi connectivity index (χ3n) is 3.26. The van der Waals surface area contributed by atoms with E-state index in [9.17, 15) is 4.79 Å². The number of hydrogen-bond donors (Lipinski definition) is 2. The average Bonchev–Trinajstić information content (AvgIpc) is 2.53. The van der Waals surface area contributed by atoms with Gasteiger partial charge in [0.25, 0.3) is 0 Å². The number of likely N-dealkylation sites (tertiary alicyclic amines) is 1. The van der Waals surface area contributed by atoms with Crippen LogP contribution in [-0.2, 0) is 0 Å². The van der Waals surface area contributed by atoms with E-state index >= 15 is 0 Å². The number of carbonyl (C=O) groups is 1. The second-order valence-corrected chi connectivity index (χ2v) is 4.23. The summed E-state index contributed by atoms with van der Waals surface area (Å²) in [5, 5.41) is 12.2. The van der Waals surface area contributed by atoms with Crippen LogP contribution in [0.3, 0.4) is 0 Å². The van der Waals surface area contributed by atoms with Crippen LogP contribution in [0.2, 0.25) is 0 Å². The van der Waals surface area contributed by atoms with Gasteiger partial charge in [0, 0.05) is 25.0 Å². The molecule has 1 unspecified atom stereocenters. The Bertz CT molecular complexity index is 212. The SMILES string of the molecule is O=C(O)N1CCCC2(CCNC2)C1. The van der Waals surface area contributed by atoms with Gasteiger partial charge in [0.1, 0.15) is 0 Å². The number of rotatable bonds is 0. The van der Waals surface area contributed by atoms with E-state index in [1.165, 1.54) is 6.42 Å². The van der Waals surface area contributed by atoms with Crippen molar-refractivity contribution in [2.45, 2.75) is 19.3 Å². The molecule has 2 aliphatic heterocycles. The van der Waals surface area contributed by atoms with Crippen LogP contribution in [-0.4, -0.2) is 42.3 Å². The molecule has 13 heavy (non-hydrogen) atoms. The van der Waals surface area contributed by atoms with Gasteiger partial charge in [0.05, 0.1) is 0 Å². The van der Waals surface area contributed by atoms with Gasteiger partial charge in [-0.05, 0) is 25.8 Å². The summed E-state index contributed by atoms with van der Waals surface area (Å²) in [4.78, 5) is 12.4. The van der Waals surface area contributed by atoms with Crippen LogP contribution in [0.1, 0.15) is 19.3 Å². The van der Waals surface area contributed by atoms with Crippen LogP contribution in [0.5, 0.6) is 0 Å². The van der Waals surface area contributed by atoms with Gasteiger partial charge in [-0.1, -0.05) is 0 Å². The minimum atomic E-state index is -0.758. The average molecular weight is 184 g/mol. The molecule has 4 nitrogen and oxygen atoms in total. The van der Waals surface area contributed by atoms with E-state index in [1.54, 1.807) is 4.90 Å². The van der Waals surface area contributed by atoms with Crippen LogP contribution in [0.25, 0.3) is 0 Å². The molecule has 74 valence electrons. The van der Waals surface area contributed by atoms with Crippen molar-refractivity contribution in [3.8, 4) is 0 Å². The quantitative estimate of drug-likeness (QED) is 0.584. The first-order valence-corrected chi connectivity index (χ1v) is 4.91. The highest BCUT2D eigenvalue weighted by atomic mass is 16.4. The van der Waals surface area contributed by atoms with Gasteiger partial charge in [0.2, 0.25) is 0 Å². The molecular weight excluding hydrogens is 168 g/mol. The molecule has 1 atom stereocenters. The highest BCUT2D eigenvalue weighted by molar-refractivity contribution is 5.65. The van der Waals surface area contributed by atoms with Crippen LogP contribution >= 0.6 is 0 Å². The van der Waals surface area contributed by atoms with Gasteiger partial charge in [-0.2, -0.15) is 0 Å². The van der Waals surface area contributed by atoms with Gasteiger partial charge < -0.3 is 15.3 Å². The van der Waals surface area contributed by atoms with Crippen LogP contribution in [0.4, 0.5) is 4.79 Å². The summed E-state index contributed by atoms with van der Waals surface area (Å²) in [6.45, 7) is 3.50. The Hall–Kier alpha value is -0.770. The van der Waals surface area contributed by atoms with Crippen molar-refractivity contribution < 1.29 is 9.90 Å². The summed E-state index contributed by atoms with van der Waals surface area (Å²) >= 11 is 0. The Labute approximate surface area is 77.9 Å². The molecule has 1 amide bonds. The van der Waals surface area contributed by atoms with Gasteiger partial charge >= 0.3 is 6.09 Å². The van der Waals surface area contributed by atoms with E-state index in [2.05, 4.69) is 5.32 Å². The predicted molar refractivity (Wildman–Crippen MR) is 48.8 cm³/mol. The van der Waals surface area contributed by atoms with Crippen LogP contribution in [0, 0.1) is 5.41 Å². The normalized spacial score (nSPS) is 34.0. The Balaban J connectivity index is 2.02. The molecule has 0 radical (unpaired) electrons. The fraction of sp³-hybridized carbons (Fsp3) is 0.889. The van der Waals surface area contributed by atoms with Gasteiger partial charge in [-0.25, -0.2) is 4.79 Å². The number of nitrogens with one attached hydrogen (secondary N) is 1. The topological polar surface area (TPSA) is 52.6 Å². The lowest BCUT2D eigenvalue weighted by Crippen LogP contribution is -2.46. The molecule has 2 aliphatic rings. The summed E-state index contributed by atoms with van der Waals surface area (Å²) in [6, 6.07) is 0. The highest BCUT2D eigenvalue weighted by Gasteiger charge is 2.39. The lowest BCUT2D eigenvalue weighted by Gasteiger charge is -2.38. The first-order valence-electron chi connectivity index (χ1n) is 4.91. The van der Waals surface area contributed by atoms with Crippen molar-refractivity contribution in [1.29, 1.82) is 0 Å². The fourth-order valence-corrected chi connectivity index (χ4v) is 2.52. The molecule has 2 N–H and O–H groups in total. The van der Waals surface area contributed by atoms with E-state index in [1.807, 2.05) is 0 Å². The molecule has 0 saturated carbocycles. The first-order chi connectivity index (χ1) is 6.22. The molecule has 0 bridgehead atoms. The highest BCUT2D eigenvalue weighted by Crippen LogP contribution is 2.35. The summed E-state index contributed by atoms with van der Waals surface area (Å²) in [6.07, 6.45) is 2.58. The summed E-state index contributed by atoms with van der Waals surface area (Å²) in [7, 11) is 0. The largest absolute Gasteiger partial charge is 0.465 e. The second-order valence-electron chi connectivity index (χ2n) is 4.23. The Morgan fingerprint density at radius 1 is 1.46 bits per heavy atom. The van der Waals surface area contributed by atoms with Crippen molar-refractivity contribution in [2.24, 2.45) is 5.41 Å². The maximum absolute atomic E-state index is 10.8. The Morgan fingerprint density at radius 2 is 2.31 bits per heavy atom. The Kier molecular flexibility index (Phi) is 2.15. The molecule has 0 aromatic carbocycles. The lowest BCUT2D eigenvalue weighted by atomic mass is 9.79. The maximum atomic E-state index is 10.8. The maximum Gasteiger partial charge on any atom is 0.407 e. The molecule has 4 heteroatoms. The number of nitrogens with zero attached hydrogens (tertiary/aromatic N) is 1. The predicted octanol–water partition coefficient (Wildman–Crippen LogP) is 0.740. The van der Waals surface area contributed by atoms with Crippen molar-refractivity contribution in [2.75, 3.05) is 26.2 Å². The molecule has 2 heterocycles. The molecule has 1 spiro atoms. The number of piperidine rings is 1. The van der Waals surface area contributed by atoms with E-state index in [0.29, 0.717) is 0 Å². The van der Waals surface area contributed by atoms with E-state index in [0.717, 1.165) is 39.0 Å². The third kappa shape index (κ3) is 1.63. The zero-order chi connectivity index (χ0) is 9.31.